The van der Waals surface area contributed by atoms with Crippen molar-refractivity contribution in [2.24, 2.45) is 0 Å². The summed E-state index contributed by atoms with van der Waals surface area (Å²) < 4.78 is 6.34. The second-order valence-electron chi connectivity index (χ2n) is 4.76. The molecule has 0 amide bonds. The smallest absolute Gasteiger partial charge is 0.119 e. The molecule has 0 aliphatic carbocycles. The van der Waals surface area contributed by atoms with Gasteiger partial charge in [-0.25, -0.2) is 0 Å². The van der Waals surface area contributed by atoms with E-state index in [-0.39, 0.29) is 0 Å². The fraction of sp³-hybridized carbons (Fsp3) is 0.250. The summed E-state index contributed by atoms with van der Waals surface area (Å²) in [7, 11) is 5.76. The standard InChI is InChI=1S/C16H19BrN2O/c1-19(2)14-6-4-5-13(10-14)18-11-12-9-15(20-3)7-8-16(12)17/h4-10,18H,11H2,1-3H3. The molecule has 2 aromatic carbocycles. The number of anilines is 2. The molecule has 2 rings (SSSR count). The molecule has 0 saturated heterocycles. The first-order valence-corrected chi connectivity index (χ1v) is 7.23. The van der Waals surface area contributed by atoms with Gasteiger partial charge in [0.05, 0.1) is 7.11 Å². The topological polar surface area (TPSA) is 24.5 Å². The number of benzene rings is 2. The van der Waals surface area contributed by atoms with E-state index in [0.717, 1.165) is 22.5 Å². The van der Waals surface area contributed by atoms with E-state index in [1.165, 1.54) is 11.3 Å². The van der Waals surface area contributed by atoms with Gasteiger partial charge in [0.2, 0.25) is 0 Å². The first kappa shape index (κ1) is 14.7. The zero-order chi connectivity index (χ0) is 14.5. The molecule has 4 heteroatoms. The minimum Gasteiger partial charge on any atom is -0.497 e. The number of hydrogen-bond acceptors (Lipinski definition) is 3. The minimum atomic E-state index is 0.745. The van der Waals surface area contributed by atoms with Crippen LogP contribution in [-0.2, 0) is 6.54 Å². The van der Waals surface area contributed by atoms with Crippen LogP contribution in [0.3, 0.4) is 0 Å². The second kappa shape index (κ2) is 6.66. The van der Waals surface area contributed by atoms with Crippen LogP contribution in [0.1, 0.15) is 5.56 Å². The molecule has 0 spiro atoms. The van der Waals surface area contributed by atoms with E-state index in [4.69, 9.17) is 4.74 Å². The van der Waals surface area contributed by atoms with Gasteiger partial charge >= 0.3 is 0 Å². The highest BCUT2D eigenvalue weighted by Crippen LogP contribution is 2.24. The lowest BCUT2D eigenvalue weighted by atomic mass is 10.2. The van der Waals surface area contributed by atoms with E-state index < -0.39 is 0 Å². The zero-order valence-electron chi connectivity index (χ0n) is 12.0. The molecular weight excluding hydrogens is 316 g/mol. The zero-order valence-corrected chi connectivity index (χ0v) is 13.6. The summed E-state index contributed by atoms with van der Waals surface area (Å²) in [5, 5.41) is 3.44. The van der Waals surface area contributed by atoms with Gasteiger partial charge in [-0.2, -0.15) is 0 Å². The van der Waals surface area contributed by atoms with E-state index >= 15 is 0 Å². The average molecular weight is 335 g/mol. The molecule has 1 N–H and O–H groups in total. The Kier molecular flexibility index (Phi) is 4.90. The normalized spacial score (nSPS) is 10.2. The predicted molar refractivity (Wildman–Crippen MR) is 88.8 cm³/mol. The number of rotatable bonds is 5. The third-order valence-electron chi connectivity index (χ3n) is 3.10. The van der Waals surface area contributed by atoms with Crippen LogP contribution in [0.5, 0.6) is 5.75 Å². The van der Waals surface area contributed by atoms with Crippen molar-refractivity contribution in [1.29, 1.82) is 0 Å². The quantitative estimate of drug-likeness (QED) is 0.889. The van der Waals surface area contributed by atoms with Gasteiger partial charge in [-0.3, -0.25) is 0 Å². The third-order valence-corrected chi connectivity index (χ3v) is 3.87. The van der Waals surface area contributed by atoms with Gasteiger partial charge < -0.3 is 15.0 Å². The van der Waals surface area contributed by atoms with Gasteiger partial charge in [-0.05, 0) is 42.0 Å². The van der Waals surface area contributed by atoms with Crippen LogP contribution in [-0.4, -0.2) is 21.2 Å². The molecule has 0 atom stereocenters. The van der Waals surface area contributed by atoms with Crippen LogP contribution < -0.4 is 15.0 Å². The Labute approximate surface area is 128 Å². The van der Waals surface area contributed by atoms with E-state index in [2.05, 4.69) is 50.4 Å². The predicted octanol–water partition coefficient (Wildman–Crippen LogP) is 4.14. The molecule has 20 heavy (non-hydrogen) atoms. The van der Waals surface area contributed by atoms with Gasteiger partial charge in [0, 0.05) is 36.5 Å². The Morgan fingerprint density at radius 1 is 1.15 bits per heavy atom. The molecule has 0 aromatic heterocycles. The summed E-state index contributed by atoms with van der Waals surface area (Å²) in [6, 6.07) is 14.3. The van der Waals surface area contributed by atoms with Crippen molar-refractivity contribution in [1.82, 2.24) is 0 Å². The van der Waals surface area contributed by atoms with Gasteiger partial charge in [0.25, 0.3) is 0 Å². The van der Waals surface area contributed by atoms with Gasteiger partial charge in [-0.15, -0.1) is 0 Å². The average Bonchev–Trinajstić information content (AvgIpc) is 2.46. The SMILES string of the molecule is COc1ccc(Br)c(CNc2cccc(N(C)C)c2)c1. The summed E-state index contributed by atoms with van der Waals surface area (Å²) in [4.78, 5) is 2.09. The summed E-state index contributed by atoms with van der Waals surface area (Å²) in [6.07, 6.45) is 0. The van der Waals surface area contributed by atoms with Crippen LogP contribution in [0.15, 0.2) is 46.9 Å². The monoisotopic (exact) mass is 334 g/mol. The minimum absolute atomic E-state index is 0.745. The number of nitrogens with one attached hydrogen (secondary N) is 1. The van der Waals surface area contributed by atoms with Gasteiger partial charge in [0.15, 0.2) is 0 Å². The maximum atomic E-state index is 5.26. The molecule has 0 heterocycles. The van der Waals surface area contributed by atoms with Gasteiger partial charge in [-0.1, -0.05) is 22.0 Å². The van der Waals surface area contributed by atoms with Crippen LogP contribution in [0.25, 0.3) is 0 Å². The fourth-order valence-electron chi connectivity index (χ4n) is 1.90. The Hall–Kier alpha value is -1.68. The molecule has 0 radical (unpaired) electrons. The molecule has 0 unspecified atom stereocenters. The van der Waals surface area contributed by atoms with Crippen LogP contribution in [0, 0.1) is 0 Å². The van der Waals surface area contributed by atoms with Crippen molar-refractivity contribution in [3.8, 4) is 5.75 Å². The second-order valence-corrected chi connectivity index (χ2v) is 5.61. The maximum Gasteiger partial charge on any atom is 0.119 e. The molecule has 3 nitrogen and oxygen atoms in total. The molecule has 0 aliphatic heterocycles. The van der Waals surface area contributed by atoms with E-state index in [9.17, 15) is 0 Å². The lowest BCUT2D eigenvalue weighted by Gasteiger charge is -2.15. The Balaban J connectivity index is 2.10. The van der Waals surface area contributed by atoms with Crippen molar-refractivity contribution in [2.75, 3.05) is 31.4 Å². The number of methoxy groups -OCH3 is 1. The van der Waals surface area contributed by atoms with Crippen molar-refractivity contribution in [2.45, 2.75) is 6.54 Å². The summed E-state index contributed by atoms with van der Waals surface area (Å²) in [5.74, 6) is 0.868. The highest BCUT2D eigenvalue weighted by molar-refractivity contribution is 9.10. The third kappa shape index (κ3) is 3.67. The fourth-order valence-corrected chi connectivity index (χ4v) is 2.29. The molecular formula is C16H19BrN2O. The highest BCUT2D eigenvalue weighted by atomic mass is 79.9. The van der Waals surface area contributed by atoms with E-state index in [0.29, 0.717) is 0 Å². The highest BCUT2D eigenvalue weighted by Gasteiger charge is 2.03. The summed E-state index contributed by atoms with van der Waals surface area (Å²) in [6.45, 7) is 0.745. The van der Waals surface area contributed by atoms with Crippen LogP contribution in [0.2, 0.25) is 0 Å². The summed E-state index contributed by atoms with van der Waals surface area (Å²) >= 11 is 3.57. The van der Waals surface area contributed by atoms with Gasteiger partial charge in [0.1, 0.15) is 5.75 Å². The first-order chi connectivity index (χ1) is 9.60. The van der Waals surface area contributed by atoms with E-state index in [1.54, 1.807) is 7.11 Å². The Bertz CT molecular complexity index is 584. The Morgan fingerprint density at radius 3 is 2.65 bits per heavy atom. The number of halogens is 1. The molecule has 0 bridgehead atoms. The van der Waals surface area contributed by atoms with E-state index in [1.807, 2.05) is 32.3 Å². The molecule has 106 valence electrons. The molecule has 0 aliphatic rings. The number of hydrogen-bond donors (Lipinski definition) is 1. The van der Waals surface area contributed by atoms with Crippen molar-refractivity contribution in [3.05, 3.63) is 52.5 Å². The maximum absolute atomic E-state index is 5.26. The Morgan fingerprint density at radius 2 is 1.95 bits per heavy atom. The lowest BCUT2D eigenvalue weighted by Crippen LogP contribution is -2.09. The lowest BCUT2D eigenvalue weighted by molar-refractivity contribution is 0.414. The largest absolute Gasteiger partial charge is 0.497 e. The summed E-state index contributed by atoms with van der Waals surface area (Å²) in [5.41, 5.74) is 3.45. The number of ether oxygens (including phenoxy) is 1. The van der Waals surface area contributed by atoms with Crippen molar-refractivity contribution in [3.63, 3.8) is 0 Å². The first-order valence-electron chi connectivity index (χ1n) is 6.44. The van der Waals surface area contributed by atoms with Crippen LogP contribution >= 0.6 is 15.9 Å². The number of nitrogens with zero attached hydrogens (tertiary/aromatic N) is 1. The van der Waals surface area contributed by atoms with Crippen molar-refractivity contribution < 1.29 is 4.74 Å². The van der Waals surface area contributed by atoms with Crippen molar-refractivity contribution >= 4 is 27.3 Å². The molecule has 0 saturated carbocycles. The van der Waals surface area contributed by atoms with Crippen LogP contribution in [0.4, 0.5) is 11.4 Å². The molecule has 0 fully saturated rings. The molecule has 2 aromatic rings.